The Labute approximate surface area is 245 Å². The molecule has 2 N–H and O–H groups in total. The summed E-state index contributed by atoms with van der Waals surface area (Å²) in [5.41, 5.74) is 8.31. The summed E-state index contributed by atoms with van der Waals surface area (Å²) in [6, 6.07) is 41.2. The topological polar surface area (TPSA) is 27.3 Å². The third kappa shape index (κ3) is 4.56. The van der Waals surface area contributed by atoms with Gasteiger partial charge in [0.1, 0.15) is 6.17 Å². The highest BCUT2D eigenvalue weighted by atomic mass is 79.9. The SMILES string of the molecule is Brc1cc(Br)cc(-c2ccc(C3NC4=C(C=CNC4c4ccc5ccccc5c4)N3c3ccccc3)cc2)c1. The number of hydrogen-bond acceptors (Lipinski definition) is 3. The minimum atomic E-state index is -0.0341. The number of para-hydroxylation sites is 1. The molecule has 5 aromatic carbocycles. The van der Waals surface area contributed by atoms with Gasteiger partial charge in [0.25, 0.3) is 0 Å². The van der Waals surface area contributed by atoms with E-state index >= 15 is 0 Å². The van der Waals surface area contributed by atoms with Crippen LogP contribution in [0.5, 0.6) is 0 Å². The summed E-state index contributed by atoms with van der Waals surface area (Å²) in [7, 11) is 0. The van der Waals surface area contributed by atoms with Crippen molar-refractivity contribution in [2.45, 2.75) is 12.2 Å². The molecule has 0 bridgehead atoms. The largest absolute Gasteiger partial charge is 0.379 e. The Hall–Kier alpha value is -3.80. The summed E-state index contributed by atoms with van der Waals surface area (Å²) in [6.45, 7) is 0. The molecule has 190 valence electrons. The van der Waals surface area contributed by atoms with Crippen molar-refractivity contribution >= 4 is 48.3 Å². The number of dihydropyridines is 1. The molecular weight excluding hydrogens is 610 g/mol. The normalized spacial score (nSPS) is 18.2. The van der Waals surface area contributed by atoms with Crippen molar-refractivity contribution in [1.29, 1.82) is 0 Å². The van der Waals surface area contributed by atoms with Crippen LogP contribution in [0.2, 0.25) is 0 Å². The number of fused-ring (bicyclic) bond motifs is 1. The van der Waals surface area contributed by atoms with E-state index in [9.17, 15) is 0 Å². The van der Waals surface area contributed by atoms with Gasteiger partial charge in [0.15, 0.2) is 0 Å². The van der Waals surface area contributed by atoms with Crippen LogP contribution in [0.4, 0.5) is 5.69 Å². The van der Waals surface area contributed by atoms with Gasteiger partial charge in [-0.25, -0.2) is 0 Å². The van der Waals surface area contributed by atoms with Crippen molar-refractivity contribution < 1.29 is 0 Å². The molecule has 0 amide bonds. The van der Waals surface area contributed by atoms with Crippen molar-refractivity contribution in [3.05, 3.63) is 159 Å². The van der Waals surface area contributed by atoms with Crippen LogP contribution in [-0.2, 0) is 0 Å². The van der Waals surface area contributed by atoms with Crippen LogP contribution in [0, 0.1) is 0 Å². The Bertz CT molecular complexity index is 1720. The van der Waals surface area contributed by atoms with Crippen LogP contribution in [0.3, 0.4) is 0 Å². The lowest BCUT2D eigenvalue weighted by molar-refractivity contribution is 0.590. The number of rotatable bonds is 4. The van der Waals surface area contributed by atoms with Crippen LogP contribution in [-0.4, -0.2) is 0 Å². The fourth-order valence-corrected chi connectivity index (χ4v) is 6.89. The van der Waals surface area contributed by atoms with E-state index in [4.69, 9.17) is 0 Å². The first-order valence-corrected chi connectivity index (χ1v) is 14.6. The third-order valence-electron chi connectivity index (χ3n) is 7.44. The van der Waals surface area contributed by atoms with Gasteiger partial charge in [-0.2, -0.15) is 0 Å². The van der Waals surface area contributed by atoms with Crippen molar-refractivity contribution in [2.24, 2.45) is 0 Å². The minimum absolute atomic E-state index is 0.0316. The highest BCUT2D eigenvalue weighted by Crippen LogP contribution is 2.42. The van der Waals surface area contributed by atoms with Crippen LogP contribution >= 0.6 is 31.9 Å². The van der Waals surface area contributed by atoms with Gasteiger partial charge in [0.2, 0.25) is 0 Å². The lowest BCUT2D eigenvalue weighted by Crippen LogP contribution is -2.30. The van der Waals surface area contributed by atoms with E-state index in [1.54, 1.807) is 0 Å². The zero-order valence-corrected chi connectivity index (χ0v) is 24.2. The molecule has 3 nitrogen and oxygen atoms in total. The van der Waals surface area contributed by atoms with E-state index in [0.717, 1.165) is 14.6 Å². The molecule has 0 saturated heterocycles. The first-order valence-electron chi connectivity index (χ1n) is 13.0. The molecule has 0 saturated carbocycles. The second kappa shape index (κ2) is 10.1. The average molecular weight is 635 g/mol. The molecule has 2 atom stereocenters. The van der Waals surface area contributed by atoms with Crippen LogP contribution in [0.25, 0.3) is 21.9 Å². The number of benzene rings is 5. The van der Waals surface area contributed by atoms with Gasteiger partial charge in [-0.3, -0.25) is 0 Å². The third-order valence-corrected chi connectivity index (χ3v) is 8.36. The maximum absolute atomic E-state index is 3.91. The summed E-state index contributed by atoms with van der Waals surface area (Å²) >= 11 is 7.24. The Morgan fingerprint density at radius 1 is 0.615 bits per heavy atom. The van der Waals surface area contributed by atoms with E-state index in [2.05, 4.69) is 175 Å². The summed E-state index contributed by atoms with van der Waals surface area (Å²) < 4.78 is 2.11. The summed E-state index contributed by atoms with van der Waals surface area (Å²) in [5.74, 6) is 0. The van der Waals surface area contributed by atoms with Crippen molar-refractivity contribution in [2.75, 3.05) is 4.90 Å². The number of allylic oxidation sites excluding steroid dienone is 1. The molecule has 2 aliphatic heterocycles. The lowest BCUT2D eigenvalue weighted by atomic mass is 9.97. The molecule has 39 heavy (non-hydrogen) atoms. The summed E-state index contributed by atoms with van der Waals surface area (Å²) in [5, 5.41) is 10.0. The van der Waals surface area contributed by atoms with Crippen LogP contribution in [0.1, 0.15) is 23.3 Å². The maximum atomic E-state index is 3.91. The zero-order chi connectivity index (χ0) is 26.3. The number of hydrogen-bond donors (Lipinski definition) is 2. The highest BCUT2D eigenvalue weighted by molar-refractivity contribution is 9.11. The number of nitrogens with zero attached hydrogens (tertiary/aromatic N) is 1. The van der Waals surface area contributed by atoms with E-state index in [1.165, 1.54) is 44.4 Å². The number of nitrogens with one attached hydrogen (secondary N) is 2. The summed E-state index contributed by atoms with van der Waals surface area (Å²) in [6.07, 6.45) is 4.22. The van der Waals surface area contributed by atoms with Gasteiger partial charge in [0.05, 0.1) is 17.4 Å². The van der Waals surface area contributed by atoms with Crippen molar-refractivity contribution in [3.63, 3.8) is 0 Å². The van der Waals surface area contributed by atoms with Crippen molar-refractivity contribution in [1.82, 2.24) is 10.6 Å². The Morgan fingerprint density at radius 3 is 2.08 bits per heavy atom. The zero-order valence-electron chi connectivity index (χ0n) is 21.0. The molecule has 0 aliphatic carbocycles. The fraction of sp³-hybridized carbons (Fsp3) is 0.0588. The quantitative estimate of drug-likeness (QED) is 0.206. The molecule has 2 heterocycles. The van der Waals surface area contributed by atoms with Gasteiger partial charge in [-0.1, -0.05) is 111 Å². The molecule has 2 aliphatic rings. The van der Waals surface area contributed by atoms with Gasteiger partial charge in [-0.05, 0) is 81.7 Å². The molecule has 5 heteroatoms. The molecular formula is C34H25Br2N3. The van der Waals surface area contributed by atoms with E-state index in [0.29, 0.717) is 0 Å². The standard InChI is InChI=1S/C34H25Br2N3/c35-28-19-27(20-29(36)21-28)23-10-13-24(14-11-23)34-38-33-31(39(34)30-8-2-1-3-9-30)16-17-37-32(33)26-15-12-22-6-4-5-7-25(22)18-26/h1-21,32,34,37-38H. The van der Waals surface area contributed by atoms with Crippen LogP contribution in [0.15, 0.2) is 148 Å². The average Bonchev–Trinajstić information content (AvgIpc) is 3.37. The molecule has 0 aromatic heterocycles. The summed E-state index contributed by atoms with van der Waals surface area (Å²) in [4.78, 5) is 2.41. The van der Waals surface area contributed by atoms with E-state index < -0.39 is 0 Å². The maximum Gasteiger partial charge on any atom is 0.130 e. The predicted molar refractivity (Wildman–Crippen MR) is 168 cm³/mol. The molecule has 2 unspecified atom stereocenters. The minimum Gasteiger partial charge on any atom is -0.379 e. The van der Waals surface area contributed by atoms with Gasteiger partial charge >= 0.3 is 0 Å². The first kappa shape index (κ1) is 24.3. The van der Waals surface area contributed by atoms with Gasteiger partial charge in [-0.15, -0.1) is 0 Å². The Morgan fingerprint density at radius 2 is 1.31 bits per heavy atom. The van der Waals surface area contributed by atoms with Gasteiger partial charge < -0.3 is 15.5 Å². The molecule has 0 fully saturated rings. The second-order valence-electron chi connectivity index (χ2n) is 9.87. The predicted octanol–water partition coefficient (Wildman–Crippen LogP) is 9.21. The molecule has 0 radical (unpaired) electrons. The Balaban J connectivity index is 1.28. The fourth-order valence-electron chi connectivity index (χ4n) is 5.60. The molecule has 0 spiro atoms. The van der Waals surface area contributed by atoms with E-state index in [1.807, 2.05) is 0 Å². The number of anilines is 1. The first-order chi connectivity index (χ1) is 19.1. The monoisotopic (exact) mass is 633 g/mol. The van der Waals surface area contributed by atoms with Gasteiger partial charge in [0, 0.05) is 14.6 Å². The van der Waals surface area contributed by atoms with Crippen molar-refractivity contribution in [3.8, 4) is 11.1 Å². The number of halogens is 2. The van der Waals surface area contributed by atoms with E-state index in [-0.39, 0.29) is 12.2 Å². The smallest absolute Gasteiger partial charge is 0.130 e. The molecule has 5 aromatic rings. The lowest BCUT2D eigenvalue weighted by Gasteiger charge is -2.29. The van der Waals surface area contributed by atoms with Crippen LogP contribution < -0.4 is 15.5 Å². The Kier molecular flexibility index (Phi) is 6.26. The second-order valence-corrected chi connectivity index (χ2v) is 11.7. The molecule has 7 rings (SSSR count). The highest BCUT2D eigenvalue weighted by Gasteiger charge is 2.37.